The van der Waals surface area contributed by atoms with E-state index < -0.39 is 10.0 Å². The molecule has 24 heavy (non-hydrogen) atoms. The van der Waals surface area contributed by atoms with E-state index in [1.807, 2.05) is 0 Å². The van der Waals surface area contributed by atoms with E-state index in [-0.39, 0.29) is 10.8 Å². The number of rotatable bonds is 6. The van der Waals surface area contributed by atoms with Gasteiger partial charge >= 0.3 is 0 Å². The summed E-state index contributed by atoms with van der Waals surface area (Å²) in [6.07, 6.45) is 5.61. The van der Waals surface area contributed by atoms with Crippen LogP contribution in [0.25, 0.3) is 0 Å². The van der Waals surface area contributed by atoms with Crippen LogP contribution >= 0.6 is 0 Å². The number of hydrogen-bond donors (Lipinski definition) is 2. The number of nitrogens with one attached hydrogen (secondary N) is 2. The van der Waals surface area contributed by atoms with Crippen LogP contribution in [-0.2, 0) is 21.2 Å². The number of hydrogen-bond acceptors (Lipinski definition) is 4. The largest absolute Gasteiger partial charge is 0.326 e. The van der Waals surface area contributed by atoms with Crippen molar-refractivity contribution >= 4 is 21.6 Å². The molecule has 0 bridgehead atoms. The molecule has 6 nitrogen and oxygen atoms in total. The van der Waals surface area contributed by atoms with E-state index in [0.717, 1.165) is 37.3 Å². The van der Waals surface area contributed by atoms with Crippen LogP contribution in [0.4, 0.5) is 5.69 Å². The number of fused-ring (bicyclic) bond motifs is 1. The van der Waals surface area contributed by atoms with Crippen LogP contribution in [0.15, 0.2) is 23.1 Å². The summed E-state index contributed by atoms with van der Waals surface area (Å²) in [7, 11) is -3.49. The minimum absolute atomic E-state index is 0.0195. The lowest BCUT2D eigenvalue weighted by atomic mass is 10.0. The minimum atomic E-state index is -3.49. The molecular formula is C17H25N3O3S. The second kappa shape index (κ2) is 7.63. The SMILES string of the molecule is O=C1CCc2cc(S(=O)(=O)NCCCN3CCCCC3)ccc2N1. The molecular weight excluding hydrogens is 326 g/mol. The molecule has 0 spiro atoms. The average molecular weight is 351 g/mol. The van der Waals surface area contributed by atoms with Gasteiger partial charge in [-0.3, -0.25) is 4.79 Å². The Bertz CT molecular complexity index is 697. The van der Waals surface area contributed by atoms with Gasteiger partial charge in [0.25, 0.3) is 0 Å². The van der Waals surface area contributed by atoms with E-state index in [4.69, 9.17) is 0 Å². The van der Waals surface area contributed by atoms with E-state index in [0.29, 0.717) is 19.4 Å². The van der Waals surface area contributed by atoms with Gasteiger partial charge < -0.3 is 10.2 Å². The molecule has 2 aliphatic rings. The minimum Gasteiger partial charge on any atom is -0.326 e. The molecule has 1 amide bonds. The van der Waals surface area contributed by atoms with Gasteiger partial charge in [-0.15, -0.1) is 0 Å². The van der Waals surface area contributed by atoms with Crippen LogP contribution in [0, 0.1) is 0 Å². The van der Waals surface area contributed by atoms with Crippen molar-refractivity contribution in [2.45, 2.75) is 43.4 Å². The lowest BCUT2D eigenvalue weighted by Crippen LogP contribution is -2.33. The van der Waals surface area contributed by atoms with Gasteiger partial charge in [0.15, 0.2) is 0 Å². The molecule has 7 heteroatoms. The van der Waals surface area contributed by atoms with E-state index in [1.54, 1.807) is 18.2 Å². The van der Waals surface area contributed by atoms with Crippen molar-refractivity contribution in [2.24, 2.45) is 0 Å². The van der Waals surface area contributed by atoms with Crippen molar-refractivity contribution in [3.05, 3.63) is 23.8 Å². The molecule has 3 rings (SSSR count). The molecule has 1 saturated heterocycles. The highest BCUT2D eigenvalue weighted by molar-refractivity contribution is 7.89. The molecule has 0 radical (unpaired) electrons. The first-order chi connectivity index (χ1) is 11.5. The zero-order valence-corrected chi connectivity index (χ0v) is 14.7. The standard InChI is InChI=1S/C17H25N3O3S/c21-17-8-5-14-13-15(6-7-16(14)19-17)24(22,23)18-9-4-12-20-10-2-1-3-11-20/h6-7,13,18H,1-5,8-12H2,(H,19,21). The first-order valence-corrected chi connectivity index (χ1v) is 10.2. The van der Waals surface area contributed by atoms with Crippen molar-refractivity contribution in [1.82, 2.24) is 9.62 Å². The van der Waals surface area contributed by atoms with Gasteiger partial charge in [0.2, 0.25) is 15.9 Å². The lowest BCUT2D eigenvalue weighted by molar-refractivity contribution is -0.116. The molecule has 0 aromatic heterocycles. The first kappa shape index (κ1) is 17.4. The molecule has 0 unspecified atom stereocenters. The van der Waals surface area contributed by atoms with Gasteiger partial charge in [-0.1, -0.05) is 6.42 Å². The Labute approximate surface area is 143 Å². The number of sulfonamides is 1. The summed E-state index contributed by atoms with van der Waals surface area (Å²) in [6.45, 7) is 3.65. The van der Waals surface area contributed by atoms with Crippen molar-refractivity contribution in [2.75, 3.05) is 31.5 Å². The first-order valence-electron chi connectivity index (χ1n) is 8.69. The van der Waals surface area contributed by atoms with Gasteiger partial charge in [-0.05, 0) is 69.1 Å². The Balaban J connectivity index is 1.54. The van der Waals surface area contributed by atoms with Crippen LogP contribution in [0.5, 0.6) is 0 Å². The molecule has 2 heterocycles. The Morgan fingerprint density at radius 1 is 1.12 bits per heavy atom. The predicted octanol–water partition coefficient (Wildman–Crippen LogP) is 1.73. The number of carbonyl (C=O) groups excluding carboxylic acids is 1. The van der Waals surface area contributed by atoms with Gasteiger partial charge in [-0.25, -0.2) is 13.1 Å². The summed E-state index contributed by atoms with van der Waals surface area (Å²) < 4.78 is 27.5. The van der Waals surface area contributed by atoms with Gasteiger partial charge in [0.1, 0.15) is 0 Å². The normalized spacial score (nSPS) is 18.9. The quantitative estimate of drug-likeness (QED) is 0.765. The van der Waals surface area contributed by atoms with Crippen LogP contribution in [0.2, 0.25) is 0 Å². The highest BCUT2D eigenvalue weighted by Gasteiger charge is 2.19. The van der Waals surface area contributed by atoms with Crippen LogP contribution in [0.3, 0.4) is 0 Å². The van der Waals surface area contributed by atoms with E-state index in [1.165, 1.54) is 19.3 Å². The lowest BCUT2D eigenvalue weighted by Gasteiger charge is -2.26. The molecule has 0 atom stereocenters. The number of carbonyl (C=O) groups is 1. The van der Waals surface area contributed by atoms with Crippen molar-refractivity contribution in [1.29, 1.82) is 0 Å². The third-order valence-electron chi connectivity index (χ3n) is 4.67. The molecule has 1 aromatic carbocycles. The fourth-order valence-corrected chi connectivity index (χ4v) is 4.43. The van der Waals surface area contributed by atoms with E-state index in [9.17, 15) is 13.2 Å². The van der Waals surface area contributed by atoms with Crippen molar-refractivity contribution in [3.63, 3.8) is 0 Å². The monoisotopic (exact) mass is 351 g/mol. The van der Waals surface area contributed by atoms with Crippen molar-refractivity contribution < 1.29 is 13.2 Å². The Morgan fingerprint density at radius 3 is 2.71 bits per heavy atom. The maximum absolute atomic E-state index is 12.4. The fraction of sp³-hybridized carbons (Fsp3) is 0.588. The highest BCUT2D eigenvalue weighted by Crippen LogP contribution is 2.25. The Hall–Kier alpha value is -1.44. The number of amides is 1. The number of likely N-dealkylation sites (tertiary alicyclic amines) is 1. The Kier molecular flexibility index (Phi) is 5.53. The maximum atomic E-state index is 12.4. The van der Waals surface area contributed by atoms with Crippen LogP contribution in [-0.4, -0.2) is 45.4 Å². The highest BCUT2D eigenvalue weighted by atomic mass is 32.2. The molecule has 2 aliphatic heterocycles. The predicted molar refractivity (Wildman–Crippen MR) is 93.5 cm³/mol. The van der Waals surface area contributed by atoms with Gasteiger partial charge in [0, 0.05) is 18.7 Å². The molecule has 132 valence electrons. The molecule has 2 N–H and O–H groups in total. The number of piperidine rings is 1. The van der Waals surface area contributed by atoms with Gasteiger partial charge in [0.05, 0.1) is 4.90 Å². The topological polar surface area (TPSA) is 78.5 Å². The second-order valence-electron chi connectivity index (χ2n) is 6.52. The molecule has 0 aliphatic carbocycles. The molecule has 0 saturated carbocycles. The Morgan fingerprint density at radius 2 is 1.92 bits per heavy atom. The summed E-state index contributed by atoms with van der Waals surface area (Å²) in [5.41, 5.74) is 1.60. The average Bonchev–Trinajstić information content (AvgIpc) is 2.59. The van der Waals surface area contributed by atoms with E-state index in [2.05, 4.69) is 14.9 Å². The maximum Gasteiger partial charge on any atom is 0.240 e. The summed E-state index contributed by atoms with van der Waals surface area (Å²) in [4.78, 5) is 14.0. The smallest absolute Gasteiger partial charge is 0.240 e. The summed E-state index contributed by atoms with van der Waals surface area (Å²) in [5.74, 6) is -0.0195. The van der Waals surface area contributed by atoms with Crippen LogP contribution < -0.4 is 10.0 Å². The van der Waals surface area contributed by atoms with Crippen molar-refractivity contribution in [3.8, 4) is 0 Å². The third kappa shape index (κ3) is 4.34. The zero-order valence-electron chi connectivity index (χ0n) is 13.9. The fourth-order valence-electron chi connectivity index (χ4n) is 3.30. The zero-order chi connectivity index (χ0) is 17.0. The molecule has 1 fully saturated rings. The number of nitrogens with zero attached hydrogens (tertiary/aromatic N) is 1. The number of anilines is 1. The summed E-state index contributed by atoms with van der Waals surface area (Å²) >= 11 is 0. The van der Waals surface area contributed by atoms with Crippen LogP contribution in [0.1, 0.15) is 37.7 Å². The summed E-state index contributed by atoms with van der Waals surface area (Å²) in [5, 5.41) is 2.77. The number of aryl methyl sites for hydroxylation is 1. The van der Waals surface area contributed by atoms with Gasteiger partial charge in [-0.2, -0.15) is 0 Å². The molecule has 1 aromatic rings. The summed E-state index contributed by atoms with van der Waals surface area (Å²) in [6, 6.07) is 4.90. The third-order valence-corrected chi connectivity index (χ3v) is 6.13. The second-order valence-corrected chi connectivity index (χ2v) is 8.29. The van der Waals surface area contributed by atoms with E-state index >= 15 is 0 Å². The number of benzene rings is 1.